The molecule has 6 heteroatoms. The first-order valence-corrected chi connectivity index (χ1v) is 13.1. The first-order chi connectivity index (χ1) is 19.6. The summed E-state index contributed by atoms with van der Waals surface area (Å²) in [4.78, 5) is 26.3. The Balaban J connectivity index is 1.22. The lowest BCUT2D eigenvalue weighted by Crippen LogP contribution is -2.47. The Morgan fingerprint density at radius 2 is 1.32 bits per heavy atom. The van der Waals surface area contributed by atoms with Gasteiger partial charge in [0.2, 0.25) is 0 Å². The molecular weight excluding hydrogens is 502 g/mol. The summed E-state index contributed by atoms with van der Waals surface area (Å²) in [5.74, 6) is -0.642. The van der Waals surface area contributed by atoms with Crippen LogP contribution in [0.1, 0.15) is 28.7 Å². The molecule has 0 aromatic heterocycles. The maximum absolute atomic E-state index is 13.3. The van der Waals surface area contributed by atoms with Gasteiger partial charge in [0.15, 0.2) is 6.04 Å². The fourth-order valence-corrected chi connectivity index (χ4v) is 5.29. The van der Waals surface area contributed by atoms with Gasteiger partial charge < -0.3 is 19.9 Å². The van der Waals surface area contributed by atoms with Gasteiger partial charge in [0.25, 0.3) is 0 Å². The molecule has 198 valence electrons. The Bertz CT molecular complexity index is 1640. The number of ether oxygens (including phenoxy) is 2. The van der Waals surface area contributed by atoms with E-state index in [0.717, 1.165) is 33.0 Å². The molecule has 0 bridgehead atoms. The van der Waals surface area contributed by atoms with Crippen LogP contribution in [-0.4, -0.2) is 29.8 Å². The molecule has 0 fully saturated rings. The van der Waals surface area contributed by atoms with Crippen LogP contribution < -0.4 is 10.1 Å². The lowest BCUT2D eigenvalue weighted by molar-refractivity contribution is -0.139. The normalized spacial score (nSPS) is 13.6. The summed E-state index contributed by atoms with van der Waals surface area (Å²) in [6.45, 7) is 0.0758. The summed E-state index contributed by atoms with van der Waals surface area (Å²) >= 11 is 0. The number of amides is 1. The molecule has 2 N–H and O–H groups in total. The zero-order valence-corrected chi connectivity index (χ0v) is 21.6. The van der Waals surface area contributed by atoms with Gasteiger partial charge in [-0.2, -0.15) is 0 Å². The average Bonchev–Trinajstić information content (AvgIpc) is 3.32. The van der Waals surface area contributed by atoms with Crippen molar-refractivity contribution in [3.05, 3.63) is 138 Å². The van der Waals surface area contributed by atoms with Crippen LogP contribution in [0.5, 0.6) is 5.75 Å². The highest BCUT2D eigenvalue weighted by Crippen LogP contribution is 2.44. The van der Waals surface area contributed by atoms with Crippen molar-refractivity contribution in [2.45, 2.75) is 18.1 Å². The number of para-hydroxylation sites is 1. The van der Waals surface area contributed by atoms with E-state index in [1.54, 1.807) is 42.5 Å². The molecule has 1 amide bonds. The Morgan fingerprint density at radius 3 is 2.02 bits per heavy atom. The number of alkyl carbamates (subject to hydrolysis) is 1. The lowest BCUT2D eigenvalue weighted by atomic mass is 9.98. The van der Waals surface area contributed by atoms with Crippen molar-refractivity contribution < 1.29 is 24.2 Å². The number of carbonyl (C=O) groups excluding carboxylic acids is 2. The molecule has 0 saturated heterocycles. The third-order valence-corrected chi connectivity index (χ3v) is 7.26. The van der Waals surface area contributed by atoms with Gasteiger partial charge in [0, 0.05) is 5.92 Å². The van der Waals surface area contributed by atoms with Gasteiger partial charge in [0.05, 0.1) is 0 Å². The van der Waals surface area contributed by atoms with Crippen molar-refractivity contribution in [1.82, 2.24) is 5.32 Å². The van der Waals surface area contributed by atoms with Crippen LogP contribution in [0, 0.1) is 0 Å². The van der Waals surface area contributed by atoms with Gasteiger partial charge in [0.1, 0.15) is 18.5 Å². The molecule has 0 heterocycles. The first kappa shape index (κ1) is 25.3. The fraction of sp³-hybridized carbons (Fsp3) is 0.118. The highest BCUT2D eigenvalue weighted by Gasteiger charge is 2.34. The van der Waals surface area contributed by atoms with E-state index in [0.29, 0.717) is 11.3 Å². The topological polar surface area (TPSA) is 84.9 Å². The van der Waals surface area contributed by atoms with Crippen LogP contribution in [0.15, 0.2) is 121 Å². The molecule has 1 aliphatic carbocycles. The molecule has 1 aliphatic rings. The van der Waals surface area contributed by atoms with E-state index in [-0.39, 0.29) is 12.5 Å². The molecule has 0 saturated carbocycles. The minimum atomic E-state index is -1.41. The van der Waals surface area contributed by atoms with Crippen molar-refractivity contribution in [1.29, 1.82) is 0 Å². The standard InChI is InChI=1S/C34H27NO5/c36-32(24-19-18-22-10-4-5-11-23(22)20-24)31(33(37)40-25-12-2-1-3-13-25)35-34(38)39-21-30-28-16-8-6-14-26(28)27-15-7-9-17-29(27)30/h1-20,30-32,36H,21H2,(H,35,38)/t31-,32-/m1/s1. The van der Waals surface area contributed by atoms with Gasteiger partial charge in [-0.15, -0.1) is 0 Å². The summed E-state index contributed by atoms with van der Waals surface area (Å²) < 4.78 is 11.2. The highest BCUT2D eigenvalue weighted by atomic mass is 16.6. The second-order valence-corrected chi connectivity index (χ2v) is 9.73. The van der Waals surface area contributed by atoms with Crippen molar-refractivity contribution in [2.75, 3.05) is 6.61 Å². The molecule has 6 nitrogen and oxygen atoms in total. The highest BCUT2D eigenvalue weighted by molar-refractivity contribution is 5.86. The number of nitrogens with one attached hydrogen (secondary N) is 1. The van der Waals surface area contributed by atoms with Crippen LogP contribution in [0.25, 0.3) is 21.9 Å². The van der Waals surface area contributed by atoms with Crippen molar-refractivity contribution in [2.24, 2.45) is 0 Å². The van der Waals surface area contributed by atoms with E-state index in [9.17, 15) is 14.7 Å². The van der Waals surface area contributed by atoms with E-state index < -0.39 is 24.2 Å². The number of hydrogen-bond donors (Lipinski definition) is 2. The number of fused-ring (bicyclic) bond motifs is 4. The average molecular weight is 530 g/mol. The number of benzene rings is 5. The summed E-state index contributed by atoms with van der Waals surface area (Å²) in [5, 5.41) is 15.8. The Kier molecular flexibility index (Phi) is 7.00. The van der Waals surface area contributed by atoms with Crippen LogP contribution >= 0.6 is 0 Å². The smallest absolute Gasteiger partial charge is 0.407 e. The molecular formula is C34H27NO5. The molecule has 40 heavy (non-hydrogen) atoms. The lowest BCUT2D eigenvalue weighted by Gasteiger charge is -2.23. The quantitative estimate of drug-likeness (QED) is 0.189. The summed E-state index contributed by atoms with van der Waals surface area (Å²) in [6.07, 6.45) is -2.20. The first-order valence-electron chi connectivity index (χ1n) is 13.1. The second kappa shape index (κ2) is 11.0. The monoisotopic (exact) mass is 529 g/mol. The Morgan fingerprint density at radius 1 is 0.725 bits per heavy atom. The van der Waals surface area contributed by atoms with Crippen molar-refractivity contribution in [3.63, 3.8) is 0 Å². The van der Waals surface area contributed by atoms with E-state index in [1.165, 1.54) is 0 Å². The molecule has 5 aromatic rings. The largest absolute Gasteiger partial charge is 0.449 e. The molecule has 0 unspecified atom stereocenters. The molecule has 0 radical (unpaired) electrons. The maximum Gasteiger partial charge on any atom is 0.407 e. The van der Waals surface area contributed by atoms with Gasteiger partial charge in [-0.25, -0.2) is 9.59 Å². The molecule has 5 aromatic carbocycles. The van der Waals surface area contributed by atoms with Crippen molar-refractivity contribution in [3.8, 4) is 16.9 Å². The number of aliphatic hydroxyl groups is 1. The van der Waals surface area contributed by atoms with Gasteiger partial charge in [-0.05, 0) is 56.8 Å². The van der Waals surface area contributed by atoms with E-state index in [2.05, 4.69) is 17.4 Å². The molecule has 0 spiro atoms. The minimum Gasteiger partial charge on any atom is -0.449 e. The molecule has 0 aliphatic heterocycles. The Labute approximate surface area is 231 Å². The second-order valence-electron chi connectivity index (χ2n) is 9.73. The van der Waals surface area contributed by atoms with Crippen LogP contribution in [0.2, 0.25) is 0 Å². The predicted molar refractivity (Wildman–Crippen MR) is 153 cm³/mol. The van der Waals surface area contributed by atoms with E-state index >= 15 is 0 Å². The van der Waals surface area contributed by atoms with Crippen LogP contribution in [0.4, 0.5) is 4.79 Å². The van der Waals surface area contributed by atoms with Crippen molar-refractivity contribution >= 4 is 22.8 Å². The van der Waals surface area contributed by atoms with Gasteiger partial charge in [-0.1, -0.05) is 103 Å². The maximum atomic E-state index is 13.3. The third-order valence-electron chi connectivity index (χ3n) is 7.26. The molecule has 2 atom stereocenters. The third kappa shape index (κ3) is 5.05. The zero-order valence-electron chi connectivity index (χ0n) is 21.6. The number of carbonyl (C=O) groups is 2. The minimum absolute atomic E-state index is 0.0758. The summed E-state index contributed by atoms with van der Waals surface area (Å²) in [6, 6.07) is 36.3. The molecule has 6 rings (SSSR count). The summed E-state index contributed by atoms with van der Waals surface area (Å²) in [7, 11) is 0. The predicted octanol–water partition coefficient (Wildman–Crippen LogP) is 6.39. The fourth-order valence-electron chi connectivity index (χ4n) is 5.29. The number of aliphatic hydroxyl groups excluding tert-OH is 1. The number of esters is 1. The van der Waals surface area contributed by atoms with Gasteiger partial charge in [-0.3, -0.25) is 0 Å². The number of hydrogen-bond acceptors (Lipinski definition) is 5. The van der Waals surface area contributed by atoms with Crippen LogP contribution in [-0.2, 0) is 9.53 Å². The zero-order chi connectivity index (χ0) is 27.5. The van der Waals surface area contributed by atoms with Gasteiger partial charge >= 0.3 is 12.1 Å². The number of rotatable bonds is 7. The Hall–Kier alpha value is -4.94. The summed E-state index contributed by atoms with van der Waals surface area (Å²) in [5.41, 5.74) is 4.85. The van der Waals surface area contributed by atoms with Crippen LogP contribution in [0.3, 0.4) is 0 Å². The van der Waals surface area contributed by atoms with E-state index in [4.69, 9.17) is 9.47 Å². The van der Waals surface area contributed by atoms with E-state index in [1.807, 2.05) is 66.7 Å². The SMILES string of the molecule is O=C(N[C@@H](C(=O)Oc1ccccc1)[C@H](O)c1ccc2ccccc2c1)OCC1c2ccccc2-c2ccccc21.